The first-order chi connectivity index (χ1) is 14.4. The van der Waals surface area contributed by atoms with E-state index in [-0.39, 0.29) is 11.3 Å². The predicted molar refractivity (Wildman–Crippen MR) is 117 cm³/mol. The fourth-order valence-corrected chi connectivity index (χ4v) is 3.93. The average molecular weight is 408 g/mol. The Hall–Kier alpha value is -2.99. The van der Waals surface area contributed by atoms with E-state index in [2.05, 4.69) is 23.7 Å². The molecule has 0 saturated carbocycles. The van der Waals surface area contributed by atoms with Gasteiger partial charge in [-0.1, -0.05) is 31.5 Å². The van der Waals surface area contributed by atoms with Gasteiger partial charge in [-0.05, 0) is 56.3 Å². The molecular formula is C24H29N3O3. The summed E-state index contributed by atoms with van der Waals surface area (Å²) in [6.45, 7) is 10.7. The smallest absolute Gasteiger partial charge is 0.295 e. The molecule has 0 aliphatic carbocycles. The maximum absolute atomic E-state index is 13.1. The fourth-order valence-electron chi connectivity index (χ4n) is 3.93. The number of carbonyl (C=O) groups excluding carboxylic acids is 2. The van der Waals surface area contributed by atoms with Gasteiger partial charge < -0.3 is 14.9 Å². The second-order valence-electron chi connectivity index (χ2n) is 7.62. The van der Waals surface area contributed by atoms with E-state index in [0.717, 1.165) is 29.8 Å². The summed E-state index contributed by atoms with van der Waals surface area (Å²) in [7, 11) is 0. The molecule has 1 aromatic carbocycles. The number of aliphatic hydroxyl groups excluding tert-OH is 1. The summed E-state index contributed by atoms with van der Waals surface area (Å²) in [5.74, 6) is -1.34. The lowest BCUT2D eigenvalue weighted by molar-refractivity contribution is -0.140. The number of Topliss-reactive ketones (excluding diaryl/α,β-unsaturated/α-hetero) is 1. The van der Waals surface area contributed by atoms with Gasteiger partial charge in [0.2, 0.25) is 0 Å². The number of likely N-dealkylation sites (tertiary alicyclic amines) is 1. The third-order valence-corrected chi connectivity index (χ3v) is 5.76. The number of hydrogen-bond donors (Lipinski definition) is 1. The Morgan fingerprint density at radius 2 is 1.77 bits per heavy atom. The van der Waals surface area contributed by atoms with Gasteiger partial charge >= 0.3 is 0 Å². The van der Waals surface area contributed by atoms with Crippen LogP contribution in [0.5, 0.6) is 0 Å². The molecule has 6 heteroatoms. The molecule has 1 aliphatic heterocycles. The Bertz CT molecular complexity index is 965. The van der Waals surface area contributed by atoms with Crippen LogP contribution in [0.3, 0.4) is 0 Å². The van der Waals surface area contributed by atoms with Crippen LogP contribution in [0, 0.1) is 13.8 Å². The summed E-state index contributed by atoms with van der Waals surface area (Å²) in [5.41, 5.74) is 3.30. The molecule has 1 amide bonds. The second-order valence-corrected chi connectivity index (χ2v) is 7.62. The van der Waals surface area contributed by atoms with E-state index in [1.54, 1.807) is 29.4 Å². The molecule has 30 heavy (non-hydrogen) atoms. The fraction of sp³-hybridized carbons (Fsp3) is 0.375. The van der Waals surface area contributed by atoms with Crippen LogP contribution in [0.4, 0.5) is 0 Å². The molecule has 1 aliphatic rings. The van der Waals surface area contributed by atoms with E-state index in [0.29, 0.717) is 18.7 Å². The van der Waals surface area contributed by atoms with Crippen molar-refractivity contribution in [1.82, 2.24) is 14.8 Å². The van der Waals surface area contributed by atoms with Gasteiger partial charge in [0, 0.05) is 31.0 Å². The molecule has 158 valence electrons. The third-order valence-electron chi connectivity index (χ3n) is 5.76. The Morgan fingerprint density at radius 3 is 2.40 bits per heavy atom. The van der Waals surface area contributed by atoms with Gasteiger partial charge in [0.1, 0.15) is 5.76 Å². The summed E-state index contributed by atoms with van der Waals surface area (Å²) in [6.07, 6.45) is 3.27. The van der Waals surface area contributed by atoms with E-state index in [4.69, 9.17) is 0 Å². The van der Waals surface area contributed by atoms with Gasteiger partial charge in [-0.15, -0.1) is 0 Å². The molecule has 0 radical (unpaired) electrons. The monoisotopic (exact) mass is 407 g/mol. The Labute approximate surface area is 177 Å². The minimum atomic E-state index is -0.644. The van der Waals surface area contributed by atoms with Crippen molar-refractivity contribution >= 4 is 17.4 Å². The Balaban J connectivity index is 2.12. The number of ketones is 1. The minimum Gasteiger partial charge on any atom is -0.507 e. The maximum Gasteiger partial charge on any atom is 0.295 e. The maximum atomic E-state index is 13.1. The third kappa shape index (κ3) is 4.14. The largest absolute Gasteiger partial charge is 0.507 e. The molecule has 1 unspecified atom stereocenters. The molecule has 1 fully saturated rings. The van der Waals surface area contributed by atoms with Crippen LogP contribution in [-0.2, 0) is 9.59 Å². The Kier molecular flexibility index (Phi) is 6.67. The quantitative estimate of drug-likeness (QED) is 0.432. The zero-order valence-electron chi connectivity index (χ0n) is 18.1. The van der Waals surface area contributed by atoms with E-state index in [1.165, 1.54) is 0 Å². The number of amides is 1. The molecule has 2 heterocycles. The number of aryl methyl sites for hydroxylation is 2. The van der Waals surface area contributed by atoms with E-state index >= 15 is 0 Å². The SMILES string of the molecule is CCN(CC)CCN1C(=O)C(=O)/C(=C(/O)c2cc(C)ccc2C)C1c1ccncc1. The number of aromatic nitrogens is 1. The molecule has 1 atom stereocenters. The molecular weight excluding hydrogens is 378 g/mol. The van der Waals surface area contributed by atoms with E-state index in [9.17, 15) is 14.7 Å². The standard InChI is InChI=1S/C24H29N3O3/c1-5-26(6-2)13-14-27-21(18-9-11-25-12-10-18)20(23(29)24(27)30)22(28)19-15-16(3)7-8-17(19)4/h7-12,15,21,28H,5-6,13-14H2,1-4H3/b22-20+. The van der Waals surface area contributed by atoms with Crippen LogP contribution < -0.4 is 0 Å². The van der Waals surface area contributed by atoms with Crippen molar-refractivity contribution < 1.29 is 14.7 Å². The number of rotatable bonds is 7. The topological polar surface area (TPSA) is 73.7 Å². The van der Waals surface area contributed by atoms with Crippen LogP contribution in [0.1, 0.15) is 42.1 Å². The molecule has 1 saturated heterocycles. The average Bonchev–Trinajstić information content (AvgIpc) is 3.01. The van der Waals surface area contributed by atoms with Crippen LogP contribution >= 0.6 is 0 Å². The van der Waals surface area contributed by atoms with Gasteiger partial charge in [-0.3, -0.25) is 14.6 Å². The van der Waals surface area contributed by atoms with Gasteiger partial charge in [-0.2, -0.15) is 0 Å². The number of nitrogens with zero attached hydrogens (tertiary/aromatic N) is 3. The molecule has 0 bridgehead atoms. The molecule has 6 nitrogen and oxygen atoms in total. The molecule has 0 spiro atoms. The van der Waals surface area contributed by atoms with Crippen molar-refractivity contribution in [2.75, 3.05) is 26.2 Å². The number of hydrogen-bond acceptors (Lipinski definition) is 5. The number of benzene rings is 1. The summed E-state index contributed by atoms with van der Waals surface area (Å²) in [4.78, 5) is 33.9. The van der Waals surface area contributed by atoms with Crippen LogP contribution in [0.25, 0.3) is 5.76 Å². The number of pyridine rings is 1. The van der Waals surface area contributed by atoms with Crippen molar-refractivity contribution in [2.24, 2.45) is 0 Å². The van der Waals surface area contributed by atoms with Crippen molar-refractivity contribution in [3.63, 3.8) is 0 Å². The zero-order valence-corrected chi connectivity index (χ0v) is 18.1. The first-order valence-electron chi connectivity index (χ1n) is 10.4. The molecule has 1 N–H and O–H groups in total. The zero-order chi connectivity index (χ0) is 21.8. The number of aliphatic hydroxyl groups is 1. The van der Waals surface area contributed by atoms with Gasteiger partial charge in [0.15, 0.2) is 0 Å². The summed E-state index contributed by atoms with van der Waals surface area (Å²) in [5, 5.41) is 11.2. The molecule has 2 aromatic rings. The normalized spacial score (nSPS) is 18.4. The van der Waals surface area contributed by atoms with Crippen LogP contribution in [0.2, 0.25) is 0 Å². The predicted octanol–water partition coefficient (Wildman–Crippen LogP) is 3.46. The van der Waals surface area contributed by atoms with Gasteiger partial charge in [0.05, 0.1) is 11.6 Å². The van der Waals surface area contributed by atoms with E-state index < -0.39 is 17.7 Å². The highest BCUT2D eigenvalue weighted by Crippen LogP contribution is 2.39. The van der Waals surface area contributed by atoms with Crippen molar-refractivity contribution in [3.05, 3.63) is 70.6 Å². The molecule has 3 rings (SSSR count). The molecule has 1 aromatic heterocycles. The van der Waals surface area contributed by atoms with E-state index in [1.807, 2.05) is 32.0 Å². The van der Waals surface area contributed by atoms with Gasteiger partial charge in [0.25, 0.3) is 11.7 Å². The van der Waals surface area contributed by atoms with Crippen LogP contribution in [0.15, 0.2) is 48.3 Å². The first-order valence-corrected chi connectivity index (χ1v) is 10.4. The van der Waals surface area contributed by atoms with Gasteiger partial charge in [-0.25, -0.2) is 0 Å². The lowest BCUT2D eigenvalue weighted by Crippen LogP contribution is -2.38. The summed E-state index contributed by atoms with van der Waals surface area (Å²) < 4.78 is 0. The lowest BCUT2D eigenvalue weighted by Gasteiger charge is -2.28. The van der Waals surface area contributed by atoms with Crippen molar-refractivity contribution in [3.8, 4) is 0 Å². The minimum absolute atomic E-state index is 0.123. The highest BCUT2D eigenvalue weighted by molar-refractivity contribution is 6.46. The highest BCUT2D eigenvalue weighted by atomic mass is 16.3. The Morgan fingerprint density at radius 1 is 1.10 bits per heavy atom. The number of likely N-dealkylation sites (N-methyl/N-ethyl adjacent to an activating group) is 1. The summed E-state index contributed by atoms with van der Waals surface area (Å²) >= 11 is 0. The van der Waals surface area contributed by atoms with Crippen molar-refractivity contribution in [2.45, 2.75) is 33.7 Å². The lowest BCUT2D eigenvalue weighted by atomic mass is 9.94. The summed E-state index contributed by atoms with van der Waals surface area (Å²) in [6, 6.07) is 8.65. The van der Waals surface area contributed by atoms with Crippen LogP contribution in [-0.4, -0.2) is 57.8 Å². The van der Waals surface area contributed by atoms with Crippen molar-refractivity contribution in [1.29, 1.82) is 0 Å². The first kappa shape index (κ1) is 21.7. The number of carbonyl (C=O) groups is 2. The highest BCUT2D eigenvalue weighted by Gasteiger charge is 2.46. The second kappa shape index (κ2) is 9.22.